The molecule has 0 aliphatic carbocycles. The minimum absolute atomic E-state index is 0.272. The normalized spacial score (nSPS) is 15.3. The Labute approximate surface area is 118 Å². The third kappa shape index (κ3) is 5.94. The van der Waals surface area contributed by atoms with Gasteiger partial charge >= 0.3 is 6.18 Å². The fourth-order valence-corrected chi connectivity index (χ4v) is 2.02. The number of aromatic nitrogens is 2. The molecule has 6 heteroatoms. The molecule has 0 bridgehead atoms. The maximum atomic E-state index is 12.6. The van der Waals surface area contributed by atoms with E-state index in [9.17, 15) is 13.2 Å². The molecule has 1 N–H and O–H groups in total. The molecule has 0 amide bonds. The molecule has 0 saturated heterocycles. The lowest BCUT2D eigenvalue weighted by atomic mass is 10.1. The van der Waals surface area contributed by atoms with E-state index in [0.717, 1.165) is 12.8 Å². The van der Waals surface area contributed by atoms with Crippen molar-refractivity contribution < 1.29 is 13.2 Å². The molecule has 1 aromatic rings. The summed E-state index contributed by atoms with van der Waals surface area (Å²) in [5.74, 6) is 0. The van der Waals surface area contributed by atoms with Crippen molar-refractivity contribution in [2.75, 3.05) is 6.54 Å². The van der Waals surface area contributed by atoms with E-state index in [4.69, 9.17) is 0 Å². The molecule has 0 aliphatic heterocycles. The monoisotopic (exact) mass is 291 g/mol. The second kappa shape index (κ2) is 7.67. The van der Waals surface area contributed by atoms with E-state index in [1.165, 1.54) is 0 Å². The molecule has 0 aliphatic rings. The molecular formula is C14H24F3N3. The molecule has 3 nitrogen and oxygen atoms in total. The number of nitrogens with one attached hydrogen (secondary N) is 1. The topological polar surface area (TPSA) is 29.9 Å². The molecule has 116 valence electrons. The Morgan fingerprint density at radius 1 is 1.35 bits per heavy atom. The standard InChI is InChI=1S/C14H24F3N3/c1-4-7-18-13(10-14(15,16)17)9-12-6-8-20(19-12)11(3)5-2/h6,8,11,13,18H,4-5,7,9-10H2,1-3H3. The van der Waals surface area contributed by atoms with E-state index < -0.39 is 18.6 Å². The van der Waals surface area contributed by atoms with Crippen molar-refractivity contribution in [3.05, 3.63) is 18.0 Å². The zero-order valence-electron chi connectivity index (χ0n) is 12.4. The van der Waals surface area contributed by atoms with Gasteiger partial charge in [0.1, 0.15) is 0 Å². The van der Waals surface area contributed by atoms with E-state index in [1.54, 1.807) is 0 Å². The van der Waals surface area contributed by atoms with Crippen LogP contribution in [0.25, 0.3) is 0 Å². The summed E-state index contributed by atoms with van der Waals surface area (Å²) in [6, 6.07) is 1.48. The van der Waals surface area contributed by atoms with Crippen LogP contribution in [-0.4, -0.2) is 28.5 Å². The number of rotatable bonds is 8. The zero-order chi connectivity index (χ0) is 15.2. The minimum atomic E-state index is -4.15. The van der Waals surface area contributed by atoms with Crippen LogP contribution in [0, 0.1) is 0 Å². The molecule has 2 atom stereocenters. The first-order chi connectivity index (χ1) is 9.35. The highest BCUT2D eigenvalue weighted by atomic mass is 19.4. The molecule has 2 unspecified atom stereocenters. The maximum absolute atomic E-state index is 12.6. The highest BCUT2D eigenvalue weighted by Gasteiger charge is 2.32. The van der Waals surface area contributed by atoms with Gasteiger partial charge in [-0.2, -0.15) is 18.3 Å². The fraction of sp³-hybridized carbons (Fsp3) is 0.786. The molecule has 1 aromatic heterocycles. The molecule has 20 heavy (non-hydrogen) atoms. The second-order valence-electron chi connectivity index (χ2n) is 5.22. The van der Waals surface area contributed by atoms with Crippen molar-refractivity contribution >= 4 is 0 Å². The van der Waals surface area contributed by atoms with Gasteiger partial charge in [0.15, 0.2) is 0 Å². The van der Waals surface area contributed by atoms with E-state index in [2.05, 4.69) is 17.3 Å². The first-order valence-corrected chi connectivity index (χ1v) is 7.19. The summed E-state index contributed by atoms with van der Waals surface area (Å²) in [5, 5.41) is 7.33. The van der Waals surface area contributed by atoms with Gasteiger partial charge in [-0.3, -0.25) is 4.68 Å². The van der Waals surface area contributed by atoms with Gasteiger partial charge in [0.05, 0.1) is 12.1 Å². The molecule has 1 heterocycles. The third-order valence-electron chi connectivity index (χ3n) is 3.32. The number of alkyl halides is 3. The van der Waals surface area contributed by atoms with Crippen molar-refractivity contribution in [2.45, 2.75) is 64.7 Å². The van der Waals surface area contributed by atoms with Crippen molar-refractivity contribution in [2.24, 2.45) is 0 Å². The predicted molar refractivity (Wildman–Crippen MR) is 73.7 cm³/mol. The lowest BCUT2D eigenvalue weighted by molar-refractivity contribution is -0.139. The Morgan fingerprint density at radius 3 is 2.60 bits per heavy atom. The average Bonchev–Trinajstić information content (AvgIpc) is 2.81. The van der Waals surface area contributed by atoms with Crippen LogP contribution < -0.4 is 5.32 Å². The Hall–Kier alpha value is -1.04. The Balaban J connectivity index is 2.66. The van der Waals surface area contributed by atoms with Gasteiger partial charge in [-0.05, 0) is 32.4 Å². The van der Waals surface area contributed by atoms with Gasteiger partial charge in [-0.25, -0.2) is 0 Å². The fourth-order valence-electron chi connectivity index (χ4n) is 2.02. The molecule has 1 rings (SSSR count). The molecule has 0 saturated carbocycles. The van der Waals surface area contributed by atoms with Gasteiger partial charge in [-0.1, -0.05) is 13.8 Å². The van der Waals surface area contributed by atoms with E-state index in [-0.39, 0.29) is 6.04 Å². The smallest absolute Gasteiger partial charge is 0.313 e. The molecule has 0 spiro atoms. The second-order valence-corrected chi connectivity index (χ2v) is 5.22. The minimum Gasteiger partial charge on any atom is -0.313 e. The first-order valence-electron chi connectivity index (χ1n) is 7.19. The van der Waals surface area contributed by atoms with Crippen LogP contribution in [0.4, 0.5) is 13.2 Å². The van der Waals surface area contributed by atoms with Gasteiger partial charge < -0.3 is 5.32 Å². The first kappa shape index (κ1) is 17.0. The highest BCUT2D eigenvalue weighted by molar-refractivity contribution is 5.02. The largest absolute Gasteiger partial charge is 0.390 e. The average molecular weight is 291 g/mol. The van der Waals surface area contributed by atoms with Crippen LogP contribution in [0.1, 0.15) is 51.8 Å². The highest BCUT2D eigenvalue weighted by Crippen LogP contribution is 2.23. The number of hydrogen-bond acceptors (Lipinski definition) is 2. The lowest BCUT2D eigenvalue weighted by Gasteiger charge is -2.19. The van der Waals surface area contributed by atoms with Gasteiger partial charge in [0, 0.05) is 24.7 Å². The van der Waals surface area contributed by atoms with Crippen LogP contribution in [0.3, 0.4) is 0 Å². The summed E-state index contributed by atoms with van der Waals surface area (Å²) >= 11 is 0. The quantitative estimate of drug-likeness (QED) is 0.791. The van der Waals surface area contributed by atoms with Gasteiger partial charge in [-0.15, -0.1) is 0 Å². The molecular weight excluding hydrogens is 267 g/mol. The van der Waals surface area contributed by atoms with Crippen molar-refractivity contribution in [3.8, 4) is 0 Å². The summed E-state index contributed by atoms with van der Waals surface area (Å²) in [4.78, 5) is 0. The Morgan fingerprint density at radius 2 is 2.05 bits per heavy atom. The van der Waals surface area contributed by atoms with Crippen LogP contribution in [0.5, 0.6) is 0 Å². The predicted octanol–water partition coefficient (Wildman–Crippen LogP) is 3.72. The Kier molecular flexibility index (Phi) is 6.52. The number of halogens is 3. The van der Waals surface area contributed by atoms with Crippen LogP contribution in [-0.2, 0) is 6.42 Å². The van der Waals surface area contributed by atoms with Gasteiger partial charge in [0.2, 0.25) is 0 Å². The summed E-state index contributed by atoms with van der Waals surface area (Å²) in [5.41, 5.74) is 0.711. The van der Waals surface area contributed by atoms with Crippen LogP contribution in [0.15, 0.2) is 12.3 Å². The summed E-state index contributed by atoms with van der Waals surface area (Å²) in [6.45, 7) is 6.63. The third-order valence-corrected chi connectivity index (χ3v) is 3.32. The van der Waals surface area contributed by atoms with Gasteiger partial charge in [0.25, 0.3) is 0 Å². The molecule has 0 radical (unpaired) electrons. The summed E-state index contributed by atoms with van der Waals surface area (Å²) in [6.07, 6.45) is -1.05. The molecule has 0 aromatic carbocycles. The van der Waals surface area contributed by atoms with E-state index in [0.29, 0.717) is 18.7 Å². The zero-order valence-corrected chi connectivity index (χ0v) is 12.4. The van der Waals surface area contributed by atoms with Crippen molar-refractivity contribution in [3.63, 3.8) is 0 Å². The van der Waals surface area contributed by atoms with Crippen LogP contribution >= 0.6 is 0 Å². The van der Waals surface area contributed by atoms with Crippen molar-refractivity contribution in [1.82, 2.24) is 15.1 Å². The number of hydrogen-bond donors (Lipinski definition) is 1. The Bertz CT molecular complexity index is 387. The SMILES string of the molecule is CCCNC(Cc1ccn(C(C)CC)n1)CC(F)(F)F. The molecule has 0 fully saturated rings. The maximum Gasteiger partial charge on any atom is 0.390 e. The summed E-state index contributed by atoms with van der Waals surface area (Å²) < 4.78 is 39.5. The van der Waals surface area contributed by atoms with E-state index >= 15 is 0 Å². The summed E-state index contributed by atoms with van der Waals surface area (Å²) in [7, 11) is 0. The lowest BCUT2D eigenvalue weighted by Crippen LogP contribution is -2.36. The van der Waals surface area contributed by atoms with Crippen molar-refractivity contribution in [1.29, 1.82) is 0 Å². The number of nitrogens with zero attached hydrogens (tertiary/aromatic N) is 2. The van der Waals surface area contributed by atoms with Crippen LogP contribution in [0.2, 0.25) is 0 Å². The van der Waals surface area contributed by atoms with E-state index in [1.807, 2.05) is 30.8 Å².